The Morgan fingerprint density at radius 1 is 1.04 bits per heavy atom. The summed E-state index contributed by atoms with van der Waals surface area (Å²) in [6.07, 6.45) is 3.20. The predicted molar refractivity (Wildman–Crippen MR) is 91.9 cm³/mol. The van der Waals surface area contributed by atoms with Gasteiger partial charge in [-0.05, 0) is 47.9 Å². The quantitative estimate of drug-likeness (QED) is 0.593. The van der Waals surface area contributed by atoms with E-state index >= 15 is 0 Å². The SMILES string of the molecule is Cc1[nH]c(C(=O)[O-])c(C)c1C(=O)/C=C/c1ccc2ccccc2c1. The first-order chi connectivity index (χ1) is 11.5. The Morgan fingerprint density at radius 3 is 2.42 bits per heavy atom. The van der Waals surface area contributed by atoms with E-state index in [1.54, 1.807) is 19.9 Å². The van der Waals surface area contributed by atoms with Gasteiger partial charge in [-0.2, -0.15) is 0 Å². The third-order valence-electron chi connectivity index (χ3n) is 4.09. The first-order valence-corrected chi connectivity index (χ1v) is 7.59. The molecule has 1 heterocycles. The number of H-pyrrole nitrogens is 1. The highest BCUT2D eigenvalue weighted by molar-refractivity contribution is 6.10. The molecule has 1 N–H and O–H groups in total. The molecule has 0 aliphatic heterocycles. The average molecular weight is 318 g/mol. The van der Waals surface area contributed by atoms with Crippen molar-refractivity contribution in [3.63, 3.8) is 0 Å². The Balaban J connectivity index is 1.91. The highest BCUT2D eigenvalue weighted by atomic mass is 16.4. The molecule has 0 amide bonds. The molecule has 0 saturated heterocycles. The number of aromatic carboxylic acids is 1. The second-order valence-corrected chi connectivity index (χ2v) is 5.72. The van der Waals surface area contributed by atoms with Crippen LogP contribution < -0.4 is 5.11 Å². The molecule has 4 nitrogen and oxygen atoms in total. The lowest BCUT2D eigenvalue weighted by Gasteiger charge is -2.01. The number of ketones is 1. The molecular weight excluding hydrogens is 302 g/mol. The minimum atomic E-state index is -1.31. The zero-order chi connectivity index (χ0) is 17.3. The summed E-state index contributed by atoms with van der Waals surface area (Å²) in [5, 5.41) is 13.3. The van der Waals surface area contributed by atoms with E-state index in [0.29, 0.717) is 16.8 Å². The molecule has 0 saturated carbocycles. The van der Waals surface area contributed by atoms with E-state index in [2.05, 4.69) is 4.98 Å². The first kappa shape index (κ1) is 15.7. The van der Waals surface area contributed by atoms with Crippen LogP contribution in [0.1, 0.15) is 37.7 Å². The van der Waals surface area contributed by atoms with Gasteiger partial charge in [-0.1, -0.05) is 42.5 Å². The van der Waals surface area contributed by atoms with Crippen molar-refractivity contribution in [3.8, 4) is 0 Å². The van der Waals surface area contributed by atoms with Crippen molar-refractivity contribution >= 4 is 28.6 Å². The Bertz CT molecular complexity index is 980. The summed E-state index contributed by atoms with van der Waals surface area (Å²) >= 11 is 0. The number of aromatic nitrogens is 1. The van der Waals surface area contributed by atoms with Gasteiger partial charge in [0.05, 0.1) is 11.7 Å². The number of hydrogen-bond acceptors (Lipinski definition) is 3. The van der Waals surface area contributed by atoms with Gasteiger partial charge >= 0.3 is 0 Å². The van der Waals surface area contributed by atoms with Gasteiger partial charge in [0.15, 0.2) is 5.78 Å². The van der Waals surface area contributed by atoms with Crippen molar-refractivity contribution in [2.75, 3.05) is 0 Å². The number of carboxylic acids is 1. The Morgan fingerprint density at radius 2 is 1.75 bits per heavy atom. The standard InChI is InChI=1S/C20H17NO3/c1-12-18(13(2)21-19(12)20(23)24)17(22)10-8-14-7-9-15-5-3-4-6-16(15)11-14/h3-11,21H,1-2H3,(H,23,24)/p-1/b10-8+. The minimum absolute atomic E-state index is 0.0463. The van der Waals surface area contributed by atoms with Crippen LogP contribution in [0, 0.1) is 13.8 Å². The lowest BCUT2D eigenvalue weighted by atomic mass is 10.0. The van der Waals surface area contributed by atoms with Crippen molar-refractivity contribution in [2.45, 2.75) is 13.8 Å². The molecule has 1 aromatic heterocycles. The molecule has 24 heavy (non-hydrogen) atoms. The number of nitrogens with one attached hydrogen (secondary N) is 1. The number of carboxylic acid groups (broad SMARTS) is 1. The number of aromatic amines is 1. The van der Waals surface area contributed by atoms with Crippen LogP contribution in [0.4, 0.5) is 0 Å². The van der Waals surface area contributed by atoms with Gasteiger partial charge in [-0.15, -0.1) is 0 Å². The summed E-state index contributed by atoms with van der Waals surface area (Å²) in [6, 6.07) is 13.9. The fourth-order valence-corrected chi connectivity index (χ4v) is 2.89. The molecule has 2 aromatic carbocycles. The molecule has 0 spiro atoms. The number of hydrogen-bond donors (Lipinski definition) is 1. The predicted octanol–water partition coefficient (Wildman–Crippen LogP) is 3.04. The summed E-state index contributed by atoms with van der Waals surface area (Å²) in [4.78, 5) is 26.2. The van der Waals surface area contributed by atoms with Gasteiger partial charge in [0, 0.05) is 11.3 Å². The Labute approximate surface area is 139 Å². The smallest absolute Gasteiger partial charge is 0.187 e. The molecule has 0 fully saturated rings. The minimum Gasteiger partial charge on any atom is -0.543 e. The summed E-state index contributed by atoms with van der Waals surface area (Å²) < 4.78 is 0. The largest absolute Gasteiger partial charge is 0.543 e. The van der Waals surface area contributed by atoms with E-state index in [9.17, 15) is 14.7 Å². The summed E-state index contributed by atoms with van der Waals surface area (Å²) in [7, 11) is 0. The van der Waals surface area contributed by atoms with Crippen molar-refractivity contribution < 1.29 is 14.7 Å². The van der Waals surface area contributed by atoms with Crippen LogP contribution in [0.3, 0.4) is 0 Å². The van der Waals surface area contributed by atoms with Gasteiger partial charge in [0.25, 0.3) is 0 Å². The molecule has 0 aliphatic rings. The molecule has 0 radical (unpaired) electrons. The van der Waals surface area contributed by atoms with E-state index in [-0.39, 0.29) is 11.5 Å². The maximum Gasteiger partial charge on any atom is 0.187 e. The van der Waals surface area contributed by atoms with Crippen LogP contribution in [0.25, 0.3) is 16.8 Å². The zero-order valence-electron chi connectivity index (χ0n) is 13.4. The first-order valence-electron chi connectivity index (χ1n) is 7.59. The van der Waals surface area contributed by atoms with Gasteiger partial charge in [0.1, 0.15) is 0 Å². The summed E-state index contributed by atoms with van der Waals surface area (Å²) in [6.45, 7) is 3.28. The monoisotopic (exact) mass is 318 g/mol. The maximum absolute atomic E-state index is 12.4. The normalized spacial score (nSPS) is 11.2. The van der Waals surface area contributed by atoms with Crippen LogP contribution in [0.5, 0.6) is 0 Å². The van der Waals surface area contributed by atoms with Crippen molar-refractivity contribution in [2.24, 2.45) is 0 Å². The van der Waals surface area contributed by atoms with E-state index in [1.165, 1.54) is 6.08 Å². The molecule has 0 atom stereocenters. The molecular formula is C20H16NO3-. The number of benzene rings is 2. The molecule has 4 heteroatoms. The lowest BCUT2D eigenvalue weighted by molar-refractivity contribution is -0.255. The van der Waals surface area contributed by atoms with Gasteiger partial charge in [-0.3, -0.25) is 4.79 Å². The second kappa shape index (κ2) is 6.16. The third-order valence-corrected chi connectivity index (χ3v) is 4.09. The van der Waals surface area contributed by atoms with Gasteiger partial charge < -0.3 is 14.9 Å². The van der Waals surface area contributed by atoms with Crippen LogP contribution in [-0.2, 0) is 0 Å². The van der Waals surface area contributed by atoms with E-state index in [4.69, 9.17) is 0 Å². The number of carbonyl (C=O) groups is 2. The van der Waals surface area contributed by atoms with Gasteiger partial charge in [-0.25, -0.2) is 0 Å². The molecule has 3 rings (SSSR count). The highest BCUT2D eigenvalue weighted by Gasteiger charge is 2.16. The Kier molecular flexibility index (Phi) is 4.04. The van der Waals surface area contributed by atoms with Crippen molar-refractivity contribution in [1.82, 2.24) is 4.98 Å². The lowest BCUT2D eigenvalue weighted by Crippen LogP contribution is -2.23. The van der Waals surface area contributed by atoms with Crippen LogP contribution in [0.15, 0.2) is 48.5 Å². The van der Waals surface area contributed by atoms with Crippen molar-refractivity contribution in [3.05, 3.63) is 76.6 Å². The number of carbonyl (C=O) groups excluding carboxylic acids is 2. The van der Waals surface area contributed by atoms with E-state index < -0.39 is 5.97 Å². The molecule has 0 aliphatic carbocycles. The highest BCUT2D eigenvalue weighted by Crippen LogP contribution is 2.20. The maximum atomic E-state index is 12.4. The van der Waals surface area contributed by atoms with E-state index in [1.807, 2.05) is 42.5 Å². The number of rotatable bonds is 4. The van der Waals surface area contributed by atoms with Crippen LogP contribution >= 0.6 is 0 Å². The molecule has 120 valence electrons. The zero-order valence-corrected chi connectivity index (χ0v) is 13.4. The number of fused-ring (bicyclic) bond motifs is 1. The number of aryl methyl sites for hydroxylation is 1. The fraction of sp³-hybridized carbons (Fsp3) is 0.100. The summed E-state index contributed by atoms with van der Waals surface area (Å²) in [5.41, 5.74) is 2.18. The topological polar surface area (TPSA) is 73.0 Å². The Hall–Kier alpha value is -3.14. The second-order valence-electron chi connectivity index (χ2n) is 5.72. The van der Waals surface area contributed by atoms with E-state index in [0.717, 1.165) is 16.3 Å². The van der Waals surface area contributed by atoms with Crippen LogP contribution in [-0.4, -0.2) is 16.7 Å². The molecule has 3 aromatic rings. The summed E-state index contributed by atoms with van der Waals surface area (Å²) in [5.74, 6) is -1.55. The molecule has 0 unspecified atom stereocenters. The molecule has 0 bridgehead atoms. The average Bonchev–Trinajstić information content (AvgIpc) is 2.87. The van der Waals surface area contributed by atoms with Gasteiger partial charge in [0.2, 0.25) is 0 Å². The third kappa shape index (κ3) is 2.86. The van der Waals surface area contributed by atoms with Crippen LogP contribution in [0.2, 0.25) is 0 Å². The van der Waals surface area contributed by atoms with Crippen molar-refractivity contribution in [1.29, 1.82) is 0 Å². The number of allylic oxidation sites excluding steroid dienone is 1. The fourth-order valence-electron chi connectivity index (χ4n) is 2.89.